The van der Waals surface area contributed by atoms with Gasteiger partial charge in [-0.05, 0) is 55.4 Å². The lowest BCUT2D eigenvalue weighted by molar-refractivity contribution is -0.124. The minimum atomic E-state index is -0.767. The highest BCUT2D eigenvalue weighted by Crippen LogP contribution is 2.27. The molecule has 1 aliphatic heterocycles. The highest BCUT2D eigenvalue weighted by atomic mass is 32.1. The van der Waals surface area contributed by atoms with Crippen molar-refractivity contribution in [1.29, 1.82) is 0 Å². The van der Waals surface area contributed by atoms with Crippen molar-refractivity contribution < 1.29 is 18.5 Å². The molecule has 0 bridgehead atoms. The van der Waals surface area contributed by atoms with Crippen LogP contribution in [0.4, 0.5) is 15.9 Å². The van der Waals surface area contributed by atoms with E-state index in [0.717, 1.165) is 5.56 Å². The number of amides is 2. The van der Waals surface area contributed by atoms with Crippen molar-refractivity contribution in [2.75, 3.05) is 16.8 Å². The maximum absolute atomic E-state index is 13.3. The molecule has 0 radical (unpaired) electrons. The molecule has 2 aromatic carbocycles. The molecule has 4 rings (SSSR count). The van der Waals surface area contributed by atoms with Gasteiger partial charge in [0.1, 0.15) is 17.6 Å². The van der Waals surface area contributed by atoms with Crippen LogP contribution in [0.1, 0.15) is 17.7 Å². The van der Waals surface area contributed by atoms with Crippen molar-refractivity contribution in [3.05, 3.63) is 77.8 Å². The van der Waals surface area contributed by atoms with Crippen molar-refractivity contribution in [2.24, 2.45) is 0 Å². The average Bonchev–Trinajstić information content (AvgIpc) is 3.28. The van der Waals surface area contributed by atoms with Gasteiger partial charge in [0.25, 0.3) is 5.91 Å². The van der Waals surface area contributed by atoms with Gasteiger partial charge in [0.2, 0.25) is 5.91 Å². The van der Waals surface area contributed by atoms with Gasteiger partial charge in [-0.15, -0.1) is 0 Å². The number of anilines is 2. The zero-order valence-corrected chi connectivity index (χ0v) is 18.1. The third-order valence-electron chi connectivity index (χ3n) is 5.16. The van der Waals surface area contributed by atoms with E-state index in [4.69, 9.17) is 16.7 Å². The Balaban J connectivity index is 1.54. The second-order valence-corrected chi connectivity index (χ2v) is 7.82. The quantitative estimate of drug-likeness (QED) is 0.551. The van der Waals surface area contributed by atoms with E-state index in [1.54, 1.807) is 42.2 Å². The molecule has 2 heterocycles. The molecular weight excluding hydrogens is 431 g/mol. The highest BCUT2D eigenvalue weighted by Gasteiger charge is 2.43. The monoisotopic (exact) mass is 452 g/mol. The Morgan fingerprint density at radius 2 is 1.91 bits per heavy atom. The Bertz CT molecular complexity index is 1130. The number of nitrogens with one attached hydrogen (secondary N) is 1. The number of halogens is 1. The highest BCUT2D eigenvalue weighted by molar-refractivity contribution is 7.80. The van der Waals surface area contributed by atoms with E-state index in [2.05, 4.69) is 10.5 Å². The molecule has 1 aromatic heterocycles. The predicted octanol–water partition coefficient (Wildman–Crippen LogP) is 3.70. The van der Waals surface area contributed by atoms with E-state index in [1.165, 1.54) is 17.0 Å². The van der Waals surface area contributed by atoms with Gasteiger partial charge < -0.3 is 14.7 Å². The number of carbonyl (C=O) groups is 2. The molecule has 164 valence electrons. The second kappa shape index (κ2) is 9.27. The lowest BCUT2D eigenvalue weighted by Crippen LogP contribution is -2.39. The number of para-hydroxylation sites is 1. The first kappa shape index (κ1) is 21.6. The predicted molar refractivity (Wildman–Crippen MR) is 122 cm³/mol. The van der Waals surface area contributed by atoms with E-state index in [0.29, 0.717) is 35.3 Å². The summed E-state index contributed by atoms with van der Waals surface area (Å²) in [4.78, 5) is 29.2. The lowest BCUT2D eigenvalue weighted by atomic mass is 10.1. The summed E-state index contributed by atoms with van der Waals surface area (Å²) >= 11 is 5.63. The third-order valence-corrected chi connectivity index (χ3v) is 5.58. The standard InChI is InChI=1S/C23H21FN4O3S/c1-15-13-20(26-31-15)25-21(29)14-19-22(30)28(18-5-3-2-4-6-18)23(32)27(19)12-11-16-7-9-17(24)10-8-16/h2-10,13,19H,11-12,14H2,1H3,(H,25,26,29)/t19-/m0/s1. The Morgan fingerprint density at radius 3 is 2.56 bits per heavy atom. The Hall–Kier alpha value is -3.59. The number of aryl methyl sites for hydroxylation is 1. The smallest absolute Gasteiger partial charge is 0.256 e. The summed E-state index contributed by atoms with van der Waals surface area (Å²) in [5, 5.41) is 6.74. The van der Waals surface area contributed by atoms with Crippen LogP contribution in [0.3, 0.4) is 0 Å². The summed E-state index contributed by atoms with van der Waals surface area (Å²) in [5.74, 6) is -0.102. The largest absolute Gasteiger partial charge is 0.360 e. The summed E-state index contributed by atoms with van der Waals surface area (Å²) in [6.45, 7) is 2.12. The van der Waals surface area contributed by atoms with Crippen LogP contribution in [0.2, 0.25) is 0 Å². The SMILES string of the molecule is Cc1cc(NC(=O)C[C@H]2C(=O)N(c3ccccc3)C(=S)N2CCc2ccc(F)cc2)no1. The molecule has 0 spiro atoms. The van der Waals surface area contributed by atoms with E-state index < -0.39 is 6.04 Å². The molecule has 0 saturated carbocycles. The van der Waals surface area contributed by atoms with E-state index >= 15 is 0 Å². The van der Waals surface area contributed by atoms with Crippen molar-refractivity contribution in [3.8, 4) is 0 Å². The fourth-order valence-corrected chi connectivity index (χ4v) is 4.01. The van der Waals surface area contributed by atoms with E-state index in [9.17, 15) is 14.0 Å². The minimum absolute atomic E-state index is 0.0996. The summed E-state index contributed by atoms with van der Waals surface area (Å²) in [6.07, 6.45) is 0.439. The molecule has 0 unspecified atom stereocenters. The molecule has 0 aliphatic carbocycles. The first-order chi connectivity index (χ1) is 15.4. The molecular formula is C23H21FN4O3S. The number of hydrogen-bond acceptors (Lipinski definition) is 5. The molecule has 32 heavy (non-hydrogen) atoms. The summed E-state index contributed by atoms with van der Waals surface area (Å²) in [7, 11) is 0. The number of benzene rings is 2. The van der Waals surface area contributed by atoms with E-state index in [1.807, 2.05) is 18.2 Å². The molecule has 3 aromatic rings. The fraction of sp³-hybridized carbons (Fsp3) is 0.217. The van der Waals surface area contributed by atoms with Crippen molar-refractivity contribution >= 4 is 40.6 Å². The number of carbonyl (C=O) groups excluding carboxylic acids is 2. The maximum Gasteiger partial charge on any atom is 0.256 e. The molecule has 1 N–H and O–H groups in total. The second-order valence-electron chi connectivity index (χ2n) is 7.45. The number of thiocarbonyl (C=S) groups is 1. The zero-order chi connectivity index (χ0) is 22.7. The normalized spacial score (nSPS) is 16.0. The van der Waals surface area contributed by atoms with Gasteiger partial charge >= 0.3 is 0 Å². The zero-order valence-electron chi connectivity index (χ0n) is 17.3. The molecule has 7 nitrogen and oxygen atoms in total. The Kier molecular flexibility index (Phi) is 6.27. The molecule has 2 amide bonds. The van der Waals surface area contributed by atoms with Gasteiger partial charge in [-0.1, -0.05) is 35.5 Å². The van der Waals surface area contributed by atoms with Crippen molar-refractivity contribution in [3.63, 3.8) is 0 Å². The van der Waals surface area contributed by atoms with Crippen LogP contribution in [0.15, 0.2) is 65.2 Å². The van der Waals surface area contributed by atoms with Gasteiger partial charge in [0.05, 0.1) is 12.1 Å². The van der Waals surface area contributed by atoms with Gasteiger partial charge in [0.15, 0.2) is 10.9 Å². The maximum atomic E-state index is 13.3. The molecule has 1 saturated heterocycles. The first-order valence-electron chi connectivity index (χ1n) is 10.1. The van der Waals surface area contributed by atoms with Crippen molar-refractivity contribution in [2.45, 2.75) is 25.8 Å². The summed E-state index contributed by atoms with van der Waals surface area (Å²) in [5.41, 5.74) is 1.55. The number of rotatable bonds is 7. The van der Waals surface area contributed by atoms with Crippen molar-refractivity contribution in [1.82, 2.24) is 10.1 Å². The summed E-state index contributed by atoms with van der Waals surface area (Å²) in [6, 6.07) is 16.1. The van der Waals surface area contributed by atoms with E-state index in [-0.39, 0.29) is 24.1 Å². The number of aromatic nitrogens is 1. The topological polar surface area (TPSA) is 78.7 Å². The first-order valence-corrected chi connectivity index (χ1v) is 10.5. The number of nitrogens with zero attached hydrogens (tertiary/aromatic N) is 3. The average molecular weight is 453 g/mol. The Morgan fingerprint density at radius 1 is 1.19 bits per heavy atom. The van der Waals surface area contributed by atoms with Gasteiger partial charge in [-0.3, -0.25) is 14.5 Å². The van der Waals surface area contributed by atoms with Gasteiger partial charge in [-0.25, -0.2) is 4.39 Å². The minimum Gasteiger partial charge on any atom is -0.360 e. The Labute approximate surface area is 189 Å². The fourth-order valence-electron chi connectivity index (χ4n) is 3.60. The number of hydrogen-bond donors (Lipinski definition) is 1. The summed E-state index contributed by atoms with van der Waals surface area (Å²) < 4.78 is 18.2. The van der Waals surface area contributed by atoms with Crippen LogP contribution in [-0.2, 0) is 16.0 Å². The van der Waals surface area contributed by atoms with Crippen LogP contribution in [-0.4, -0.2) is 39.6 Å². The van der Waals surface area contributed by atoms with Crippen LogP contribution in [0.25, 0.3) is 0 Å². The van der Waals surface area contributed by atoms with Gasteiger partial charge in [-0.2, -0.15) is 0 Å². The van der Waals surface area contributed by atoms with Crippen LogP contribution in [0.5, 0.6) is 0 Å². The molecule has 9 heteroatoms. The third kappa shape index (κ3) is 4.67. The molecule has 1 atom stereocenters. The molecule has 1 aliphatic rings. The van der Waals surface area contributed by atoms with Crippen LogP contribution < -0.4 is 10.2 Å². The van der Waals surface area contributed by atoms with Gasteiger partial charge in [0, 0.05) is 12.6 Å². The molecule has 1 fully saturated rings. The lowest BCUT2D eigenvalue weighted by Gasteiger charge is -2.23. The van der Waals surface area contributed by atoms with Crippen LogP contribution in [0, 0.1) is 12.7 Å². The van der Waals surface area contributed by atoms with Crippen LogP contribution >= 0.6 is 12.2 Å².